The van der Waals surface area contributed by atoms with E-state index in [4.69, 9.17) is 14.2 Å². The van der Waals surface area contributed by atoms with Crippen LogP contribution in [0.5, 0.6) is 17.2 Å². The van der Waals surface area contributed by atoms with Gasteiger partial charge in [-0.1, -0.05) is 0 Å². The van der Waals surface area contributed by atoms with Gasteiger partial charge in [-0.25, -0.2) is 0 Å². The number of carbonyl (C=O) groups excluding carboxylic acids is 1. The van der Waals surface area contributed by atoms with Gasteiger partial charge in [-0.15, -0.1) is 0 Å². The molecule has 2 aromatic carbocycles. The highest BCUT2D eigenvalue weighted by molar-refractivity contribution is 6.00. The van der Waals surface area contributed by atoms with E-state index in [1.807, 2.05) is 24.3 Å². The molecular weight excluding hydrogens is 370 g/mol. The number of nitrogens with one attached hydrogen (secondary N) is 1. The lowest BCUT2D eigenvalue weighted by Gasteiger charge is -2.34. The summed E-state index contributed by atoms with van der Waals surface area (Å²) in [5.41, 5.74) is 1.19. The molecular formula is C23H27NO5. The van der Waals surface area contributed by atoms with E-state index >= 15 is 0 Å². The van der Waals surface area contributed by atoms with E-state index in [1.54, 1.807) is 25.3 Å². The number of methoxy groups -OCH3 is 1. The quantitative estimate of drug-likeness (QED) is 0.740. The highest BCUT2D eigenvalue weighted by Gasteiger charge is 2.42. The maximum absolute atomic E-state index is 12.5. The van der Waals surface area contributed by atoms with Crippen molar-refractivity contribution in [3.8, 4) is 17.2 Å². The summed E-state index contributed by atoms with van der Waals surface area (Å²) in [6.07, 6.45) is 3.85. The topological polar surface area (TPSA) is 77.0 Å². The summed E-state index contributed by atoms with van der Waals surface area (Å²) in [4.78, 5) is 12.5. The second kappa shape index (κ2) is 8.33. The number of Topliss-reactive ketones (excluding diaryl/α,β-unsaturated/α-hetero) is 1. The molecule has 29 heavy (non-hydrogen) atoms. The maximum atomic E-state index is 12.5. The van der Waals surface area contributed by atoms with Crippen LogP contribution < -0.4 is 19.5 Å². The second-order valence-electron chi connectivity index (χ2n) is 7.82. The smallest absolute Gasteiger partial charge is 0.170 e. The molecule has 1 heterocycles. The fraction of sp³-hybridized carbons (Fsp3) is 0.435. The lowest BCUT2D eigenvalue weighted by molar-refractivity contribution is 0.0446. The number of fused-ring (bicyclic) bond motifs is 1. The molecule has 154 valence electrons. The number of anilines is 1. The van der Waals surface area contributed by atoms with Crippen LogP contribution in [0.2, 0.25) is 0 Å². The Morgan fingerprint density at radius 1 is 1.14 bits per heavy atom. The number of benzene rings is 2. The summed E-state index contributed by atoms with van der Waals surface area (Å²) < 4.78 is 17.1. The highest BCUT2D eigenvalue weighted by Crippen LogP contribution is 2.43. The number of rotatable bonds is 7. The monoisotopic (exact) mass is 397 g/mol. The van der Waals surface area contributed by atoms with Crippen LogP contribution >= 0.6 is 0 Å². The van der Waals surface area contributed by atoms with Crippen molar-refractivity contribution in [3.05, 3.63) is 48.0 Å². The van der Waals surface area contributed by atoms with Crippen molar-refractivity contribution in [3.63, 3.8) is 0 Å². The molecule has 4 rings (SSSR count). The molecule has 0 saturated heterocycles. The van der Waals surface area contributed by atoms with Crippen molar-refractivity contribution >= 4 is 11.5 Å². The minimum atomic E-state index is -0.683. The van der Waals surface area contributed by atoms with Gasteiger partial charge in [0.1, 0.15) is 35.6 Å². The molecule has 2 aromatic rings. The number of ether oxygens (including phenoxy) is 3. The molecule has 6 nitrogen and oxygen atoms in total. The molecule has 6 heteroatoms. The first kappa shape index (κ1) is 19.6. The summed E-state index contributed by atoms with van der Waals surface area (Å²) in [6.45, 7) is 0.496. The van der Waals surface area contributed by atoms with Crippen LogP contribution in [0.25, 0.3) is 0 Å². The van der Waals surface area contributed by atoms with Gasteiger partial charge in [-0.2, -0.15) is 0 Å². The van der Waals surface area contributed by atoms with Gasteiger partial charge in [0.2, 0.25) is 0 Å². The lowest BCUT2D eigenvalue weighted by atomic mass is 9.88. The molecule has 1 aliphatic heterocycles. The summed E-state index contributed by atoms with van der Waals surface area (Å²) in [5, 5.41) is 13.4. The Morgan fingerprint density at radius 3 is 2.59 bits per heavy atom. The number of ketones is 1. The first-order chi connectivity index (χ1) is 14.1. The molecule has 1 aliphatic carbocycles. The Balaban J connectivity index is 1.32. The Morgan fingerprint density at radius 2 is 1.86 bits per heavy atom. The van der Waals surface area contributed by atoms with Crippen LogP contribution in [0, 0.1) is 0 Å². The van der Waals surface area contributed by atoms with Crippen molar-refractivity contribution in [2.24, 2.45) is 0 Å². The van der Waals surface area contributed by atoms with Crippen molar-refractivity contribution in [2.75, 3.05) is 25.6 Å². The number of carbonyl (C=O) groups is 1. The number of aliphatic hydroxyl groups excluding tert-OH is 1. The third kappa shape index (κ3) is 4.48. The lowest BCUT2D eigenvalue weighted by Crippen LogP contribution is -2.39. The molecule has 1 unspecified atom stereocenters. The zero-order valence-corrected chi connectivity index (χ0v) is 16.6. The zero-order valence-electron chi connectivity index (χ0n) is 16.6. The van der Waals surface area contributed by atoms with Crippen LogP contribution in [0.4, 0.5) is 5.69 Å². The van der Waals surface area contributed by atoms with Crippen LogP contribution in [0.1, 0.15) is 42.5 Å². The summed E-state index contributed by atoms with van der Waals surface area (Å²) >= 11 is 0. The minimum Gasteiger partial charge on any atom is -0.497 e. The Labute approximate surface area is 170 Å². The van der Waals surface area contributed by atoms with E-state index < -0.39 is 6.10 Å². The van der Waals surface area contributed by atoms with E-state index in [0.717, 1.165) is 37.1 Å². The number of aliphatic hydroxyl groups is 1. The Bertz CT molecular complexity index is 858. The molecule has 1 fully saturated rings. The summed E-state index contributed by atoms with van der Waals surface area (Å²) in [5.74, 6) is 2.12. The standard InChI is InChI=1S/C23H27NO5/c1-27-18-6-4-16(5-7-18)24-14-17(25)15-28-19-8-9-20-21(26)13-23(10-2-3-11-23)29-22(20)12-19/h4-9,12,17,24-25H,2-3,10-11,13-15H2,1H3. The largest absolute Gasteiger partial charge is 0.497 e. The van der Waals surface area contributed by atoms with Crippen molar-refractivity contribution in [1.29, 1.82) is 0 Å². The Hall–Kier alpha value is -2.73. The zero-order chi connectivity index (χ0) is 20.3. The molecule has 2 N–H and O–H groups in total. The van der Waals surface area contributed by atoms with Crippen LogP contribution in [-0.4, -0.2) is 42.9 Å². The predicted octanol–water partition coefficient (Wildman–Crippen LogP) is 3.83. The summed E-state index contributed by atoms with van der Waals surface area (Å²) in [7, 11) is 1.62. The van der Waals surface area contributed by atoms with E-state index in [2.05, 4.69) is 5.32 Å². The molecule has 1 spiro atoms. The molecule has 0 amide bonds. The van der Waals surface area contributed by atoms with Crippen LogP contribution in [0.15, 0.2) is 42.5 Å². The Kier molecular flexibility index (Phi) is 5.62. The van der Waals surface area contributed by atoms with E-state index in [1.165, 1.54) is 0 Å². The average molecular weight is 397 g/mol. The molecule has 0 bridgehead atoms. The first-order valence-electron chi connectivity index (χ1n) is 10.1. The van der Waals surface area contributed by atoms with Crippen molar-refractivity contribution in [2.45, 2.75) is 43.8 Å². The average Bonchev–Trinajstić information content (AvgIpc) is 3.18. The van der Waals surface area contributed by atoms with E-state index in [0.29, 0.717) is 30.0 Å². The van der Waals surface area contributed by atoms with Gasteiger partial charge in [0.05, 0.1) is 19.1 Å². The molecule has 0 radical (unpaired) electrons. The van der Waals surface area contributed by atoms with Crippen molar-refractivity contribution < 1.29 is 24.1 Å². The molecule has 0 aromatic heterocycles. The third-order valence-corrected chi connectivity index (χ3v) is 5.65. The normalized spacial score (nSPS) is 18.1. The van der Waals surface area contributed by atoms with Gasteiger partial charge in [0, 0.05) is 18.3 Å². The van der Waals surface area contributed by atoms with Crippen LogP contribution in [0.3, 0.4) is 0 Å². The SMILES string of the molecule is COc1ccc(NCC(O)COc2ccc3c(c2)OC2(CCCC2)CC3=O)cc1. The van der Waals surface area contributed by atoms with Gasteiger partial charge in [0.25, 0.3) is 0 Å². The van der Waals surface area contributed by atoms with Gasteiger partial charge < -0.3 is 24.6 Å². The van der Waals surface area contributed by atoms with Gasteiger partial charge >= 0.3 is 0 Å². The number of hydrogen-bond donors (Lipinski definition) is 2. The molecule has 2 aliphatic rings. The van der Waals surface area contributed by atoms with Gasteiger partial charge in [-0.3, -0.25) is 4.79 Å². The molecule has 1 atom stereocenters. The van der Waals surface area contributed by atoms with Gasteiger partial charge in [0.15, 0.2) is 5.78 Å². The highest BCUT2D eigenvalue weighted by atomic mass is 16.5. The summed E-state index contributed by atoms with van der Waals surface area (Å²) in [6, 6.07) is 12.8. The fourth-order valence-electron chi connectivity index (χ4n) is 4.06. The minimum absolute atomic E-state index is 0.140. The van der Waals surface area contributed by atoms with Crippen LogP contribution in [-0.2, 0) is 0 Å². The van der Waals surface area contributed by atoms with Gasteiger partial charge in [-0.05, 0) is 62.1 Å². The predicted molar refractivity (Wildman–Crippen MR) is 110 cm³/mol. The fourth-order valence-corrected chi connectivity index (χ4v) is 4.06. The third-order valence-electron chi connectivity index (χ3n) is 5.65. The first-order valence-corrected chi connectivity index (χ1v) is 10.1. The maximum Gasteiger partial charge on any atom is 0.170 e. The second-order valence-corrected chi connectivity index (χ2v) is 7.82. The number of hydrogen-bond acceptors (Lipinski definition) is 6. The van der Waals surface area contributed by atoms with E-state index in [-0.39, 0.29) is 18.0 Å². The van der Waals surface area contributed by atoms with Crippen molar-refractivity contribution in [1.82, 2.24) is 0 Å². The van der Waals surface area contributed by atoms with E-state index in [9.17, 15) is 9.90 Å². The molecule has 1 saturated carbocycles.